The van der Waals surface area contributed by atoms with E-state index < -0.39 is 23.1 Å². The zero-order chi connectivity index (χ0) is 18.0. The number of carbonyl (C=O) groups is 2. The van der Waals surface area contributed by atoms with Crippen molar-refractivity contribution in [3.63, 3.8) is 0 Å². The normalized spacial score (nSPS) is 21.2. The maximum absolute atomic E-state index is 12.3. The maximum atomic E-state index is 12.3. The fraction of sp³-hybridized carbons (Fsp3) is 0.556. The van der Waals surface area contributed by atoms with E-state index in [0.29, 0.717) is 30.7 Å². The van der Waals surface area contributed by atoms with Gasteiger partial charge in [-0.3, -0.25) is 4.79 Å². The molecule has 1 aromatic rings. The average molecular weight is 335 g/mol. The second kappa shape index (κ2) is 6.71. The second-order valence-corrected chi connectivity index (χ2v) is 7.12. The molecule has 1 aliphatic heterocycles. The summed E-state index contributed by atoms with van der Waals surface area (Å²) in [5, 5.41) is 9.89. The molecule has 0 aromatic heterocycles. The number of methoxy groups -OCH3 is 1. The van der Waals surface area contributed by atoms with Gasteiger partial charge in [-0.05, 0) is 51.3 Å². The van der Waals surface area contributed by atoms with Crippen LogP contribution >= 0.6 is 0 Å². The van der Waals surface area contributed by atoms with Crippen LogP contribution in [0.2, 0.25) is 0 Å². The molecule has 0 radical (unpaired) electrons. The van der Waals surface area contributed by atoms with E-state index in [1.54, 1.807) is 52.1 Å². The molecule has 6 nitrogen and oxygen atoms in total. The molecular formula is C18H25NO5. The Labute approximate surface area is 142 Å². The molecule has 0 saturated carbocycles. The molecule has 1 unspecified atom stereocenters. The molecule has 0 spiro atoms. The Kier molecular flexibility index (Phi) is 5.06. The number of piperidine rings is 1. The quantitative estimate of drug-likeness (QED) is 0.919. The van der Waals surface area contributed by atoms with Gasteiger partial charge >= 0.3 is 12.1 Å². The van der Waals surface area contributed by atoms with Gasteiger partial charge in [-0.25, -0.2) is 4.79 Å². The van der Waals surface area contributed by atoms with E-state index in [4.69, 9.17) is 9.47 Å². The average Bonchev–Trinajstić information content (AvgIpc) is 2.53. The topological polar surface area (TPSA) is 76.1 Å². The van der Waals surface area contributed by atoms with E-state index in [9.17, 15) is 14.7 Å². The van der Waals surface area contributed by atoms with Crippen LogP contribution in [0.3, 0.4) is 0 Å². The van der Waals surface area contributed by atoms with Crippen LogP contribution in [0.4, 0.5) is 4.79 Å². The van der Waals surface area contributed by atoms with Crippen LogP contribution in [0, 0.1) is 0 Å². The summed E-state index contributed by atoms with van der Waals surface area (Å²) in [5.41, 5.74) is -1.06. The molecule has 1 heterocycles. The van der Waals surface area contributed by atoms with Crippen LogP contribution in [0.15, 0.2) is 24.3 Å². The van der Waals surface area contributed by atoms with E-state index in [2.05, 4.69) is 0 Å². The molecule has 1 N–H and O–H groups in total. The van der Waals surface area contributed by atoms with Gasteiger partial charge < -0.3 is 19.5 Å². The lowest BCUT2D eigenvalue weighted by atomic mass is 9.74. The minimum absolute atomic E-state index is 0.101. The molecular weight excluding hydrogens is 310 g/mol. The van der Waals surface area contributed by atoms with Gasteiger partial charge in [-0.2, -0.15) is 0 Å². The standard InChI is InChI=1S/C18H25NO5/c1-17(2,3)24-16(22)19-11-5-10-18(12-19,15(20)21)13-6-8-14(23-4)9-7-13/h6-9H,5,10-12H2,1-4H3,(H,20,21). The van der Waals surface area contributed by atoms with Crippen molar-refractivity contribution in [2.45, 2.75) is 44.6 Å². The predicted molar refractivity (Wildman–Crippen MR) is 89.3 cm³/mol. The van der Waals surface area contributed by atoms with Crippen molar-refractivity contribution >= 4 is 12.1 Å². The largest absolute Gasteiger partial charge is 0.497 e. The Morgan fingerprint density at radius 2 is 1.83 bits per heavy atom. The zero-order valence-corrected chi connectivity index (χ0v) is 14.7. The number of carbonyl (C=O) groups excluding carboxylic acids is 1. The monoisotopic (exact) mass is 335 g/mol. The fourth-order valence-corrected chi connectivity index (χ4v) is 2.98. The summed E-state index contributed by atoms with van der Waals surface area (Å²) < 4.78 is 10.5. The first-order valence-electron chi connectivity index (χ1n) is 8.04. The third-order valence-electron chi connectivity index (χ3n) is 4.20. The second-order valence-electron chi connectivity index (χ2n) is 7.12. The molecule has 132 valence electrons. The molecule has 0 bridgehead atoms. The van der Waals surface area contributed by atoms with E-state index in [1.807, 2.05) is 0 Å². The number of nitrogens with zero attached hydrogens (tertiary/aromatic N) is 1. The third kappa shape index (κ3) is 3.80. The third-order valence-corrected chi connectivity index (χ3v) is 4.20. The van der Waals surface area contributed by atoms with Crippen molar-refractivity contribution in [2.75, 3.05) is 20.2 Å². The summed E-state index contributed by atoms with van der Waals surface area (Å²) in [6.45, 7) is 5.98. The number of hydrogen-bond acceptors (Lipinski definition) is 4. The molecule has 1 atom stereocenters. The fourth-order valence-electron chi connectivity index (χ4n) is 2.98. The van der Waals surface area contributed by atoms with Crippen molar-refractivity contribution in [1.82, 2.24) is 4.90 Å². The van der Waals surface area contributed by atoms with Crippen LogP contribution in [0.1, 0.15) is 39.2 Å². The van der Waals surface area contributed by atoms with Crippen LogP contribution in [0.25, 0.3) is 0 Å². The van der Waals surface area contributed by atoms with Crippen molar-refractivity contribution in [1.29, 1.82) is 0 Å². The van der Waals surface area contributed by atoms with Gasteiger partial charge in [0.1, 0.15) is 16.8 Å². The Morgan fingerprint density at radius 3 is 2.33 bits per heavy atom. The van der Waals surface area contributed by atoms with Gasteiger partial charge in [-0.1, -0.05) is 12.1 Å². The van der Waals surface area contributed by atoms with Gasteiger partial charge in [0.2, 0.25) is 0 Å². The van der Waals surface area contributed by atoms with Crippen LogP contribution in [-0.2, 0) is 14.9 Å². The number of amides is 1. The van der Waals surface area contributed by atoms with Crippen molar-refractivity contribution in [2.24, 2.45) is 0 Å². The summed E-state index contributed by atoms with van der Waals surface area (Å²) in [4.78, 5) is 25.9. The summed E-state index contributed by atoms with van der Waals surface area (Å²) in [7, 11) is 1.56. The van der Waals surface area contributed by atoms with Crippen LogP contribution in [0.5, 0.6) is 5.75 Å². The SMILES string of the molecule is COc1ccc(C2(C(=O)O)CCCN(C(=O)OC(C)(C)C)C2)cc1. The lowest BCUT2D eigenvalue weighted by Crippen LogP contribution is -2.53. The molecule has 1 aromatic carbocycles. The van der Waals surface area contributed by atoms with E-state index in [1.165, 1.54) is 4.90 Å². The molecule has 24 heavy (non-hydrogen) atoms. The maximum Gasteiger partial charge on any atom is 0.410 e. The molecule has 1 saturated heterocycles. The summed E-state index contributed by atoms with van der Waals surface area (Å²) in [6, 6.07) is 7.00. The lowest BCUT2D eigenvalue weighted by molar-refractivity contribution is -0.146. The molecule has 0 aliphatic carbocycles. The van der Waals surface area contributed by atoms with Crippen LogP contribution < -0.4 is 4.74 Å². The number of rotatable bonds is 3. The molecule has 1 amide bonds. The number of benzene rings is 1. The van der Waals surface area contributed by atoms with E-state index >= 15 is 0 Å². The number of likely N-dealkylation sites (tertiary alicyclic amines) is 1. The Morgan fingerprint density at radius 1 is 1.21 bits per heavy atom. The highest BCUT2D eigenvalue weighted by Crippen LogP contribution is 2.36. The summed E-state index contributed by atoms with van der Waals surface area (Å²) in [5.74, 6) is -0.264. The summed E-state index contributed by atoms with van der Waals surface area (Å²) in [6.07, 6.45) is 0.618. The van der Waals surface area contributed by atoms with E-state index in [0.717, 1.165) is 0 Å². The zero-order valence-electron chi connectivity index (χ0n) is 14.7. The molecule has 6 heteroatoms. The van der Waals surface area contributed by atoms with Gasteiger partial charge in [-0.15, -0.1) is 0 Å². The minimum Gasteiger partial charge on any atom is -0.497 e. The smallest absolute Gasteiger partial charge is 0.410 e. The Balaban J connectivity index is 2.28. The van der Waals surface area contributed by atoms with Gasteiger partial charge in [0.05, 0.1) is 7.11 Å². The number of hydrogen-bond donors (Lipinski definition) is 1. The van der Waals surface area contributed by atoms with Crippen molar-refractivity contribution < 1.29 is 24.2 Å². The van der Waals surface area contributed by atoms with Gasteiger partial charge in [0.15, 0.2) is 0 Å². The molecule has 1 aliphatic rings. The van der Waals surface area contributed by atoms with Gasteiger partial charge in [0.25, 0.3) is 0 Å². The Bertz CT molecular complexity index is 605. The Hall–Kier alpha value is -2.24. The number of ether oxygens (including phenoxy) is 2. The van der Waals surface area contributed by atoms with E-state index in [-0.39, 0.29) is 6.54 Å². The highest BCUT2D eigenvalue weighted by molar-refractivity contribution is 5.83. The first-order chi connectivity index (χ1) is 11.2. The highest BCUT2D eigenvalue weighted by Gasteiger charge is 2.45. The number of carboxylic acids is 1. The van der Waals surface area contributed by atoms with Crippen LogP contribution in [-0.4, -0.2) is 47.9 Å². The van der Waals surface area contributed by atoms with Crippen molar-refractivity contribution in [3.05, 3.63) is 29.8 Å². The minimum atomic E-state index is -1.12. The first-order valence-corrected chi connectivity index (χ1v) is 8.04. The lowest BCUT2D eigenvalue weighted by Gasteiger charge is -2.40. The first kappa shape index (κ1) is 18.1. The highest BCUT2D eigenvalue weighted by atomic mass is 16.6. The van der Waals surface area contributed by atoms with Crippen molar-refractivity contribution in [3.8, 4) is 5.75 Å². The summed E-state index contributed by atoms with van der Waals surface area (Å²) >= 11 is 0. The van der Waals surface area contributed by atoms with Gasteiger partial charge in [0, 0.05) is 13.1 Å². The molecule has 2 rings (SSSR count). The predicted octanol–water partition coefficient (Wildman–Crippen LogP) is 3.05. The number of carboxylic acid groups (broad SMARTS) is 1. The number of aliphatic carboxylic acids is 1. The molecule has 1 fully saturated rings.